The lowest BCUT2D eigenvalue weighted by Crippen LogP contribution is -2.23. The molecule has 11 rings (SSSR count). The molecule has 0 fully saturated rings. The molecule has 0 amide bonds. The second-order valence-electron chi connectivity index (χ2n) is 14.2. The van der Waals surface area contributed by atoms with Gasteiger partial charge in [0.1, 0.15) is 0 Å². The second-order valence-corrected chi connectivity index (χ2v) is 14.2. The highest BCUT2D eigenvalue weighted by Gasteiger charge is 2.31. The van der Waals surface area contributed by atoms with Gasteiger partial charge in [-0.3, -0.25) is 9.79 Å². The van der Waals surface area contributed by atoms with Crippen molar-refractivity contribution in [3.8, 4) is 22.3 Å². The first kappa shape index (κ1) is 31.9. The summed E-state index contributed by atoms with van der Waals surface area (Å²) in [4.78, 5) is 29.8. The zero-order chi connectivity index (χ0) is 37.2. The SMILES string of the molecule is O=C(c1ccccc1)c1c2c(-c3ccccc3)c3ccc4n3c3c(c(-c5ccccc5)c1N=C2)N=C(C=3)C(c1ccccc1)=c1ccc([nH]1)=C4c1ccccc1. The molecule has 0 aliphatic carbocycles. The van der Waals surface area contributed by atoms with Crippen molar-refractivity contribution < 1.29 is 4.79 Å². The molecule has 262 valence electrons. The molecule has 5 aromatic carbocycles. The number of hydrogen-bond acceptors (Lipinski definition) is 3. The summed E-state index contributed by atoms with van der Waals surface area (Å²) in [5.74, 6) is -0.0877. The topological polar surface area (TPSA) is 62.0 Å². The molecule has 0 saturated carbocycles. The quantitative estimate of drug-likeness (QED) is 0.172. The third-order valence-electron chi connectivity index (χ3n) is 10.9. The zero-order valence-corrected chi connectivity index (χ0v) is 30.1. The molecule has 0 atom stereocenters. The van der Waals surface area contributed by atoms with E-state index in [4.69, 9.17) is 9.98 Å². The van der Waals surface area contributed by atoms with E-state index in [-0.39, 0.29) is 5.78 Å². The Balaban J connectivity index is 1.43. The van der Waals surface area contributed by atoms with Crippen LogP contribution in [0.4, 0.5) is 11.4 Å². The van der Waals surface area contributed by atoms with Crippen LogP contribution in [0.15, 0.2) is 186 Å². The van der Waals surface area contributed by atoms with E-state index < -0.39 is 0 Å². The van der Waals surface area contributed by atoms with Crippen molar-refractivity contribution >= 4 is 51.8 Å². The van der Waals surface area contributed by atoms with Gasteiger partial charge in [0.15, 0.2) is 5.78 Å². The van der Waals surface area contributed by atoms with Gasteiger partial charge in [0.05, 0.1) is 39.2 Å². The smallest absolute Gasteiger partial charge is 0.195 e. The summed E-state index contributed by atoms with van der Waals surface area (Å²) >= 11 is 0. The van der Waals surface area contributed by atoms with Crippen molar-refractivity contribution in [2.45, 2.75) is 0 Å². The largest absolute Gasteiger partial charge is 0.354 e. The predicted molar refractivity (Wildman–Crippen MR) is 227 cm³/mol. The van der Waals surface area contributed by atoms with E-state index in [2.05, 4.69) is 131 Å². The molecular formula is C51H32N4O. The van der Waals surface area contributed by atoms with Crippen LogP contribution in [0.25, 0.3) is 45.0 Å². The van der Waals surface area contributed by atoms with Crippen LogP contribution < -0.4 is 16.0 Å². The van der Waals surface area contributed by atoms with E-state index >= 15 is 4.79 Å². The molecule has 1 N–H and O–H groups in total. The molecule has 0 radical (unpaired) electrons. The molecule has 56 heavy (non-hydrogen) atoms. The standard InChI is InChI=1S/C51H32N4O/c56-51(36-24-14-5-15-25-36)48-37-31-52-50(48)47(35-22-12-4-13-23-35)49-43-30-40(54-49)45(33-18-8-2-9-19-33)38-26-27-39(53-38)46(34-20-10-3-11-21-34)42-29-28-41(55(42)43)44(37)32-16-6-1-7-17-32/h1-31,53H. The fourth-order valence-corrected chi connectivity index (χ4v) is 8.52. The highest BCUT2D eigenvalue weighted by molar-refractivity contribution is 6.39. The summed E-state index contributed by atoms with van der Waals surface area (Å²) < 4.78 is 2.36. The number of H-pyrrole nitrogens is 1. The maximum absolute atomic E-state index is 15.1. The van der Waals surface area contributed by atoms with Gasteiger partial charge in [-0.15, -0.1) is 0 Å². The number of carbonyl (C=O) groups excluding carboxylic acids is 1. The molecular weight excluding hydrogens is 685 g/mol. The van der Waals surface area contributed by atoms with Crippen LogP contribution in [0.2, 0.25) is 0 Å². The van der Waals surface area contributed by atoms with Crippen molar-refractivity contribution in [2.24, 2.45) is 9.98 Å². The number of nitrogens with one attached hydrogen (secondary N) is 1. The second kappa shape index (κ2) is 12.8. The lowest BCUT2D eigenvalue weighted by molar-refractivity contribution is 0.103. The van der Waals surface area contributed by atoms with E-state index in [0.717, 1.165) is 88.7 Å². The first-order chi connectivity index (χ1) is 27.7. The van der Waals surface area contributed by atoms with Crippen molar-refractivity contribution in [3.05, 3.63) is 225 Å². The van der Waals surface area contributed by atoms with E-state index in [1.54, 1.807) is 0 Å². The van der Waals surface area contributed by atoms with Gasteiger partial charge >= 0.3 is 0 Å². The Morgan fingerprint density at radius 1 is 0.518 bits per heavy atom. The first-order valence-corrected chi connectivity index (χ1v) is 18.8. The molecule has 3 aliphatic heterocycles. The van der Waals surface area contributed by atoms with E-state index in [9.17, 15) is 0 Å². The Kier molecular flexibility index (Phi) is 7.25. The van der Waals surface area contributed by atoms with Gasteiger partial charge in [0.2, 0.25) is 0 Å². The molecule has 0 spiro atoms. The molecule has 0 unspecified atom stereocenters. The lowest BCUT2D eigenvalue weighted by Gasteiger charge is -2.12. The summed E-state index contributed by atoms with van der Waals surface area (Å²) in [6.07, 6.45) is 4.11. The van der Waals surface area contributed by atoms with Crippen LogP contribution >= 0.6 is 0 Å². The maximum atomic E-state index is 15.1. The molecule has 6 heterocycles. The maximum Gasteiger partial charge on any atom is 0.195 e. The number of rotatable bonds is 6. The molecule has 6 bridgehead atoms. The highest BCUT2D eigenvalue weighted by atomic mass is 16.1. The van der Waals surface area contributed by atoms with E-state index in [0.29, 0.717) is 16.8 Å². The molecule has 5 nitrogen and oxygen atoms in total. The van der Waals surface area contributed by atoms with Gasteiger partial charge in [-0.25, -0.2) is 4.99 Å². The van der Waals surface area contributed by atoms with Crippen molar-refractivity contribution in [1.82, 2.24) is 9.38 Å². The summed E-state index contributed by atoms with van der Waals surface area (Å²) in [5, 5.41) is 2.87. The van der Waals surface area contributed by atoms with Crippen LogP contribution in [0.1, 0.15) is 38.3 Å². The summed E-state index contributed by atoms with van der Waals surface area (Å²) in [6.45, 7) is 0. The molecule has 8 aromatic rings. The van der Waals surface area contributed by atoms with Crippen LogP contribution in [0, 0.1) is 0 Å². The van der Waals surface area contributed by atoms with Gasteiger partial charge in [-0.1, -0.05) is 152 Å². The fraction of sp³-hybridized carbons (Fsp3) is 0. The van der Waals surface area contributed by atoms with Gasteiger partial charge in [-0.2, -0.15) is 0 Å². The number of nitrogens with zero attached hydrogens (tertiary/aromatic N) is 3. The van der Waals surface area contributed by atoms with E-state index in [1.165, 1.54) is 0 Å². The number of fused-ring (bicyclic) bond motifs is 5. The van der Waals surface area contributed by atoms with Crippen molar-refractivity contribution in [3.63, 3.8) is 0 Å². The Bertz CT molecular complexity index is 3210. The minimum absolute atomic E-state index is 0.0877. The molecule has 5 heteroatoms. The number of hydrogen-bond donors (Lipinski definition) is 1. The number of benzene rings is 5. The number of aromatic nitrogens is 2. The van der Waals surface area contributed by atoms with Gasteiger partial charge in [0.25, 0.3) is 0 Å². The van der Waals surface area contributed by atoms with Crippen LogP contribution in [-0.4, -0.2) is 27.1 Å². The zero-order valence-electron chi connectivity index (χ0n) is 30.1. The Morgan fingerprint density at radius 2 is 1.05 bits per heavy atom. The third-order valence-corrected chi connectivity index (χ3v) is 10.9. The third kappa shape index (κ3) is 4.91. The fourth-order valence-electron chi connectivity index (χ4n) is 8.52. The number of ketones is 1. The summed E-state index contributed by atoms with van der Waals surface area (Å²) in [6, 6.07) is 59.9. The van der Waals surface area contributed by atoms with Crippen molar-refractivity contribution in [1.29, 1.82) is 0 Å². The Morgan fingerprint density at radius 3 is 1.68 bits per heavy atom. The summed E-state index contributed by atoms with van der Waals surface area (Å²) in [5.41, 5.74) is 13.8. The number of carbonyl (C=O) groups is 1. The average molecular weight is 717 g/mol. The average Bonchev–Trinajstić information content (AvgIpc) is 4.08. The van der Waals surface area contributed by atoms with Gasteiger partial charge in [0, 0.05) is 50.3 Å². The Hall–Kier alpha value is -7.63. The minimum Gasteiger partial charge on any atom is -0.354 e. The lowest BCUT2D eigenvalue weighted by atomic mass is 9.92. The van der Waals surface area contributed by atoms with Crippen molar-refractivity contribution in [2.75, 3.05) is 0 Å². The van der Waals surface area contributed by atoms with Crippen LogP contribution in [-0.2, 0) is 0 Å². The molecule has 3 aliphatic rings. The van der Waals surface area contributed by atoms with Crippen LogP contribution in [0.5, 0.6) is 0 Å². The highest BCUT2D eigenvalue weighted by Crippen LogP contribution is 2.46. The molecule has 3 aromatic heterocycles. The van der Waals surface area contributed by atoms with Gasteiger partial charge < -0.3 is 9.38 Å². The monoisotopic (exact) mass is 716 g/mol. The molecule has 0 saturated heterocycles. The predicted octanol–water partition coefficient (Wildman–Crippen LogP) is 9.07. The van der Waals surface area contributed by atoms with Gasteiger partial charge in [-0.05, 0) is 52.6 Å². The first-order valence-electron chi connectivity index (χ1n) is 18.8. The summed E-state index contributed by atoms with van der Waals surface area (Å²) in [7, 11) is 0. The normalized spacial score (nSPS) is 13.2. The Labute approximate surface area is 322 Å². The number of aliphatic imine (C=N–C) groups is 2. The minimum atomic E-state index is -0.0877. The number of aromatic amines is 1. The van der Waals surface area contributed by atoms with E-state index in [1.807, 2.05) is 66.9 Å². The van der Waals surface area contributed by atoms with Crippen LogP contribution in [0.3, 0.4) is 0 Å².